The van der Waals surface area contributed by atoms with Crippen molar-refractivity contribution in [1.29, 1.82) is 5.26 Å². The molecule has 1 fully saturated rings. The van der Waals surface area contributed by atoms with Gasteiger partial charge in [0.05, 0.1) is 41.5 Å². The molecule has 0 aliphatic carbocycles. The number of nitriles is 1. The van der Waals surface area contributed by atoms with Gasteiger partial charge in [-0.2, -0.15) is 5.26 Å². The van der Waals surface area contributed by atoms with Gasteiger partial charge in [0, 0.05) is 12.3 Å². The molecule has 4 rings (SSSR count). The van der Waals surface area contributed by atoms with Crippen LogP contribution in [0.2, 0.25) is 0 Å². The van der Waals surface area contributed by atoms with Crippen LogP contribution in [0.15, 0.2) is 24.3 Å². The number of thiazole rings is 1. The van der Waals surface area contributed by atoms with Gasteiger partial charge in [-0.15, -0.1) is 11.3 Å². The van der Waals surface area contributed by atoms with Gasteiger partial charge in [0.1, 0.15) is 16.9 Å². The number of aromatic nitrogens is 2. The fourth-order valence-electron chi connectivity index (χ4n) is 4.04. The number of hydrogen-bond donors (Lipinski definition) is 1. The highest BCUT2D eigenvalue weighted by Crippen LogP contribution is 2.28. The van der Waals surface area contributed by atoms with Gasteiger partial charge in [-0.3, -0.25) is 9.69 Å². The summed E-state index contributed by atoms with van der Waals surface area (Å²) in [6.07, 6.45) is 2.17. The van der Waals surface area contributed by atoms with Gasteiger partial charge < -0.3 is 14.6 Å². The van der Waals surface area contributed by atoms with Crippen LogP contribution >= 0.6 is 11.3 Å². The van der Waals surface area contributed by atoms with E-state index in [0.29, 0.717) is 24.5 Å². The molecule has 1 aliphatic rings. The Kier molecular flexibility index (Phi) is 6.37. The van der Waals surface area contributed by atoms with Crippen molar-refractivity contribution in [3.8, 4) is 6.07 Å². The highest BCUT2D eigenvalue weighted by Gasteiger charge is 2.24. The number of likely N-dealkylation sites (N-methyl/N-ethyl adjacent to an activating group) is 1. The molecule has 1 atom stereocenters. The number of ether oxygens (including phenoxy) is 1. The Balaban J connectivity index is 1.45. The number of anilines is 1. The minimum Gasteiger partial charge on any atom is -0.376 e. The molecule has 1 saturated heterocycles. The second-order valence-electron chi connectivity index (χ2n) is 8.09. The van der Waals surface area contributed by atoms with E-state index in [4.69, 9.17) is 4.74 Å². The number of carbonyl (C=O) groups excluding carboxylic acids is 1. The van der Waals surface area contributed by atoms with Crippen molar-refractivity contribution in [2.75, 3.05) is 25.5 Å². The average Bonchev–Trinajstić information content (AvgIpc) is 3.44. The lowest BCUT2D eigenvalue weighted by molar-refractivity contribution is -0.117. The Bertz CT molecular complexity index is 1100. The molecule has 1 N–H and O–H groups in total. The minimum atomic E-state index is -0.147. The van der Waals surface area contributed by atoms with Crippen LogP contribution in [0.1, 0.15) is 34.7 Å². The van der Waals surface area contributed by atoms with Crippen molar-refractivity contribution >= 4 is 33.3 Å². The molecule has 1 aromatic carbocycles. The highest BCUT2D eigenvalue weighted by molar-refractivity contribution is 7.18. The van der Waals surface area contributed by atoms with Crippen LogP contribution in [0, 0.1) is 25.2 Å². The molecule has 1 aliphatic heterocycles. The van der Waals surface area contributed by atoms with E-state index in [-0.39, 0.29) is 18.6 Å². The first-order chi connectivity index (χ1) is 15.0. The van der Waals surface area contributed by atoms with Gasteiger partial charge >= 0.3 is 0 Å². The van der Waals surface area contributed by atoms with E-state index in [0.717, 1.165) is 45.9 Å². The highest BCUT2D eigenvalue weighted by atomic mass is 32.1. The Morgan fingerprint density at radius 2 is 2.23 bits per heavy atom. The lowest BCUT2D eigenvalue weighted by atomic mass is 10.2. The lowest BCUT2D eigenvalue weighted by Crippen LogP contribution is -2.31. The smallest absolute Gasteiger partial charge is 0.239 e. The van der Waals surface area contributed by atoms with Crippen molar-refractivity contribution in [3.05, 3.63) is 46.1 Å². The van der Waals surface area contributed by atoms with E-state index in [1.54, 1.807) is 11.3 Å². The number of para-hydroxylation sites is 1. The molecule has 7 nitrogen and oxygen atoms in total. The van der Waals surface area contributed by atoms with E-state index >= 15 is 0 Å². The van der Waals surface area contributed by atoms with Crippen molar-refractivity contribution in [2.24, 2.45) is 0 Å². The van der Waals surface area contributed by atoms with E-state index < -0.39 is 0 Å². The second kappa shape index (κ2) is 9.18. The van der Waals surface area contributed by atoms with E-state index in [2.05, 4.69) is 22.4 Å². The monoisotopic (exact) mass is 437 g/mol. The summed E-state index contributed by atoms with van der Waals surface area (Å²) in [5.74, 6) is 0.428. The third-order valence-corrected chi connectivity index (χ3v) is 6.79. The molecule has 0 bridgehead atoms. The molecular weight excluding hydrogens is 410 g/mol. The van der Waals surface area contributed by atoms with Crippen molar-refractivity contribution in [3.63, 3.8) is 0 Å². The zero-order valence-corrected chi connectivity index (χ0v) is 19.0. The maximum absolute atomic E-state index is 12.8. The van der Waals surface area contributed by atoms with Gasteiger partial charge in [-0.1, -0.05) is 12.1 Å². The predicted octanol–water partition coefficient (Wildman–Crippen LogP) is 3.84. The van der Waals surface area contributed by atoms with Crippen molar-refractivity contribution in [1.82, 2.24) is 14.5 Å². The quantitative estimate of drug-likeness (QED) is 0.607. The van der Waals surface area contributed by atoms with Crippen LogP contribution in [0.25, 0.3) is 10.2 Å². The number of benzene rings is 1. The zero-order valence-electron chi connectivity index (χ0n) is 18.1. The summed E-state index contributed by atoms with van der Waals surface area (Å²) in [6.45, 7) is 6.13. The first-order valence-corrected chi connectivity index (χ1v) is 11.3. The van der Waals surface area contributed by atoms with Gasteiger partial charge in [-0.25, -0.2) is 4.98 Å². The Hall–Kier alpha value is -2.73. The Morgan fingerprint density at radius 3 is 2.94 bits per heavy atom. The summed E-state index contributed by atoms with van der Waals surface area (Å²) in [5.41, 5.74) is 3.40. The molecule has 0 saturated carbocycles. The summed E-state index contributed by atoms with van der Waals surface area (Å²) < 4.78 is 8.95. The van der Waals surface area contributed by atoms with Crippen molar-refractivity contribution in [2.45, 2.75) is 45.9 Å². The molecule has 3 aromatic rings. The van der Waals surface area contributed by atoms with Gasteiger partial charge in [-0.05, 0) is 51.4 Å². The molecule has 8 heteroatoms. The third-order valence-electron chi connectivity index (χ3n) is 5.77. The SMILES string of the molecule is Cc1c(C#N)c(NC(=O)CN(C)Cc2nc3ccccc3s2)n(CC2CCCO2)c1C. The van der Waals surface area contributed by atoms with E-state index in [1.165, 1.54) is 0 Å². The van der Waals surface area contributed by atoms with Crippen LogP contribution in [0.4, 0.5) is 5.82 Å². The fraction of sp³-hybridized carbons (Fsp3) is 0.435. The van der Waals surface area contributed by atoms with Crippen LogP contribution in [0.5, 0.6) is 0 Å². The number of nitrogens with zero attached hydrogens (tertiary/aromatic N) is 4. The van der Waals surface area contributed by atoms with E-state index in [9.17, 15) is 10.1 Å². The summed E-state index contributed by atoms with van der Waals surface area (Å²) in [7, 11) is 1.90. The fourth-order valence-corrected chi connectivity index (χ4v) is 5.09. The molecular formula is C23H27N5O2S. The number of carbonyl (C=O) groups is 1. The van der Waals surface area contributed by atoms with Crippen LogP contribution < -0.4 is 5.32 Å². The first-order valence-electron chi connectivity index (χ1n) is 10.5. The largest absolute Gasteiger partial charge is 0.376 e. The van der Waals surface area contributed by atoms with Crippen molar-refractivity contribution < 1.29 is 9.53 Å². The molecule has 162 valence electrons. The second-order valence-corrected chi connectivity index (χ2v) is 9.20. The van der Waals surface area contributed by atoms with Crippen LogP contribution in [0.3, 0.4) is 0 Å². The van der Waals surface area contributed by atoms with Crippen LogP contribution in [-0.2, 0) is 22.6 Å². The number of amides is 1. The Labute approximate surface area is 186 Å². The lowest BCUT2D eigenvalue weighted by Gasteiger charge is -2.18. The van der Waals surface area contributed by atoms with Gasteiger partial charge in [0.2, 0.25) is 5.91 Å². The number of nitrogens with one attached hydrogen (secondary N) is 1. The summed E-state index contributed by atoms with van der Waals surface area (Å²) in [6, 6.07) is 10.3. The maximum atomic E-state index is 12.8. The summed E-state index contributed by atoms with van der Waals surface area (Å²) in [5, 5.41) is 13.7. The molecule has 1 amide bonds. The predicted molar refractivity (Wildman–Crippen MR) is 122 cm³/mol. The minimum absolute atomic E-state index is 0.120. The van der Waals surface area contributed by atoms with Crippen LogP contribution in [-0.4, -0.2) is 46.7 Å². The standard InChI is InChI=1S/C23H27N5O2S/c1-15-16(2)28(12-17-7-6-10-30-17)23(18(15)11-24)26-21(29)13-27(3)14-22-25-19-8-4-5-9-20(19)31-22/h4-5,8-9,17H,6-7,10,12-14H2,1-3H3,(H,26,29). The van der Waals surface area contributed by atoms with Gasteiger partial charge in [0.25, 0.3) is 0 Å². The first kappa shape index (κ1) is 21.5. The van der Waals surface area contributed by atoms with Gasteiger partial charge in [0.15, 0.2) is 0 Å². The third kappa shape index (κ3) is 4.64. The summed E-state index contributed by atoms with van der Waals surface area (Å²) >= 11 is 1.64. The number of rotatable bonds is 7. The molecule has 31 heavy (non-hydrogen) atoms. The average molecular weight is 438 g/mol. The molecule has 3 heterocycles. The topological polar surface area (TPSA) is 83.2 Å². The number of fused-ring (bicyclic) bond motifs is 1. The number of hydrogen-bond acceptors (Lipinski definition) is 6. The molecule has 2 aromatic heterocycles. The Morgan fingerprint density at radius 1 is 1.42 bits per heavy atom. The zero-order chi connectivity index (χ0) is 22.0. The molecule has 1 unspecified atom stereocenters. The maximum Gasteiger partial charge on any atom is 0.239 e. The normalized spacial score (nSPS) is 16.2. The summed E-state index contributed by atoms with van der Waals surface area (Å²) in [4.78, 5) is 19.4. The van der Waals surface area contributed by atoms with E-state index in [1.807, 2.05) is 48.6 Å². The molecule has 0 radical (unpaired) electrons. The molecule has 0 spiro atoms.